The predicted octanol–water partition coefficient (Wildman–Crippen LogP) is 3.80. The highest BCUT2D eigenvalue weighted by molar-refractivity contribution is 7.07. The number of ether oxygens (including phenoxy) is 1. The van der Waals surface area contributed by atoms with Crippen molar-refractivity contribution in [2.24, 2.45) is 11.8 Å². The number of piperazine rings is 1. The number of likely N-dealkylation sites (N-methyl/N-ethyl adjacent to an activating group) is 1. The number of hydrogen-bond acceptors (Lipinski definition) is 10. The topological polar surface area (TPSA) is 159 Å². The predicted molar refractivity (Wildman–Crippen MR) is 186 cm³/mol. The van der Waals surface area contributed by atoms with Crippen LogP contribution in [0.1, 0.15) is 66.2 Å². The molecule has 4 amide bonds. The summed E-state index contributed by atoms with van der Waals surface area (Å²) in [5, 5.41) is 11.2. The molecule has 1 saturated carbocycles. The summed E-state index contributed by atoms with van der Waals surface area (Å²) in [4.78, 5) is 61.2. The summed E-state index contributed by atoms with van der Waals surface area (Å²) < 4.78 is 55.0. The molecule has 3 atom stereocenters. The van der Waals surface area contributed by atoms with E-state index < -0.39 is 58.9 Å². The van der Waals surface area contributed by atoms with E-state index in [9.17, 15) is 19.2 Å². The van der Waals surface area contributed by atoms with Crippen molar-refractivity contribution in [3.63, 3.8) is 0 Å². The van der Waals surface area contributed by atoms with E-state index in [2.05, 4.69) is 42.3 Å². The van der Waals surface area contributed by atoms with E-state index in [0.29, 0.717) is 50.5 Å². The second kappa shape index (κ2) is 16.8. The fourth-order valence-corrected chi connectivity index (χ4v) is 6.91. The maximum absolute atomic E-state index is 15.8. The Balaban J connectivity index is 1.34. The number of amides is 4. The number of pyridine rings is 1. The zero-order valence-corrected chi connectivity index (χ0v) is 30.2. The number of nitrogens with one attached hydrogen (secondary N) is 3. The fourth-order valence-electron chi connectivity index (χ4n) is 6.49. The third kappa shape index (κ3) is 9.04. The molecule has 2 fully saturated rings. The number of alkyl halides is 2. The van der Waals surface area contributed by atoms with Crippen molar-refractivity contribution in [3.8, 4) is 5.88 Å². The van der Waals surface area contributed by atoms with Crippen molar-refractivity contribution in [2.45, 2.75) is 63.5 Å². The highest BCUT2D eigenvalue weighted by Crippen LogP contribution is 2.34. The molecule has 1 aliphatic carbocycles. The van der Waals surface area contributed by atoms with Crippen LogP contribution in [0.5, 0.6) is 5.88 Å². The Morgan fingerprint density at radius 3 is 2.31 bits per heavy atom. The van der Waals surface area contributed by atoms with Gasteiger partial charge < -0.3 is 30.5 Å². The number of aromatic nitrogens is 3. The van der Waals surface area contributed by atoms with E-state index in [4.69, 9.17) is 4.74 Å². The molecule has 1 saturated heterocycles. The summed E-state index contributed by atoms with van der Waals surface area (Å²) >= 11 is 0.875. The van der Waals surface area contributed by atoms with Gasteiger partial charge in [0.2, 0.25) is 17.7 Å². The lowest BCUT2D eigenvalue weighted by Gasteiger charge is -2.36. The van der Waals surface area contributed by atoms with Gasteiger partial charge in [-0.15, -0.1) is 5.10 Å². The fraction of sp³-hybridized carbons (Fsp3) is 0.514. The van der Waals surface area contributed by atoms with Gasteiger partial charge in [0.05, 0.1) is 19.0 Å². The van der Waals surface area contributed by atoms with E-state index >= 15 is 13.2 Å². The van der Waals surface area contributed by atoms with Crippen LogP contribution < -0.4 is 20.7 Å². The summed E-state index contributed by atoms with van der Waals surface area (Å²) in [6.07, 6.45) is 4.59. The molecule has 0 radical (unpaired) electrons. The number of hydrogen-bond donors (Lipinski definition) is 3. The van der Waals surface area contributed by atoms with Crippen molar-refractivity contribution >= 4 is 40.8 Å². The van der Waals surface area contributed by atoms with Crippen molar-refractivity contribution < 1.29 is 37.1 Å². The molecule has 1 aromatic carbocycles. The van der Waals surface area contributed by atoms with Crippen LogP contribution in [0, 0.1) is 17.7 Å². The number of nitrogens with zero attached hydrogens (tertiary/aromatic N) is 5. The first-order valence-corrected chi connectivity index (χ1v) is 17.9. The molecule has 280 valence electrons. The standard InChI is InChI=1S/C35H43F3N8O5S/c1-20-5-7-22(8-6-20)30(43-34(50)35(37,38)24-10-12-28(51-4)39-18-24)32(48)41-26-11-9-23(17-25(26)36)21(2)29(42-31(47)27-19-40-44-52-27)33(49)46-15-13-45(3)14-16-46/h9-12,17-22,29-30H,5-8,13-16H2,1-4H3,(H,41,48)(H,42,47)(H,43,50)/t20-,21-,22-,29+,30-/m0/s1. The highest BCUT2D eigenvalue weighted by atomic mass is 32.1. The van der Waals surface area contributed by atoms with Crippen LogP contribution in [-0.2, 0) is 20.3 Å². The number of halogens is 3. The molecule has 0 spiro atoms. The van der Waals surface area contributed by atoms with Gasteiger partial charge in [0.25, 0.3) is 11.8 Å². The van der Waals surface area contributed by atoms with Crippen molar-refractivity contribution in [1.82, 2.24) is 35.0 Å². The molecule has 3 heterocycles. The molecule has 5 rings (SSSR count). The SMILES string of the molecule is COc1ccc(C(F)(F)C(=O)N[C@H](C(=O)Nc2ccc([C@H](C)[C@@H](NC(=O)c3cnns3)C(=O)N3CCN(C)CC3)cc2F)[C@H]2CC[C@H](C)CC2)cn1. The molecule has 2 aliphatic rings. The van der Waals surface area contributed by atoms with Crippen LogP contribution in [0.15, 0.2) is 42.7 Å². The van der Waals surface area contributed by atoms with E-state index in [1.54, 1.807) is 11.8 Å². The van der Waals surface area contributed by atoms with Crippen molar-refractivity contribution in [3.05, 3.63) is 64.5 Å². The monoisotopic (exact) mass is 744 g/mol. The molecule has 3 aromatic rings. The largest absolute Gasteiger partial charge is 0.481 e. The summed E-state index contributed by atoms with van der Waals surface area (Å²) in [6, 6.07) is 3.77. The van der Waals surface area contributed by atoms with Gasteiger partial charge in [-0.25, -0.2) is 9.37 Å². The first-order chi connectivity index (χ1) is 24.8. The highest BCUT2D eigenvalue weighted by Gasteiger charge is 2.45. The van der Waals surface area contributed by atoms with Gasteiger partial charge >= 0.3 is 5.92 Å². The first kappa shape index (κ1) is 38.6. The average molecular weight is 745 g/mol. The maximum atomic E-state index is 15.8. The van der Waals surface area contributed by atoms with Gasteiger partial charge in [-0.3, -0.25) is 19.2 Å². The van der Waals surface area contributed by atoms with E-state index in [1.807, 2.05) is 7.05 Å². The number of methoxy groups -OCH3 is 1. The zero-order valence-electron chi connectivity index (χ0n) is 29.4. The number of rotatable bonds is 12. The van der Waals surface area contributed by atoms with Crippen molar-refractivity contribution in [1.29, 1.82) is 0 Å². The Morgan fingerprint density at radius 2 is 1.71 bits per heavy atom. The lowest BCUT2D eigenvalue weighted by Crippen LogP contribution is -2.55. The molecule has 17 heteroatoms. The normalized spacial score (nSPS) is 19.9. The molecule has 1 aliphatic heterocycles. The Labute approximate surface area is 303 Å². The summed E-state index contributed by atoms with van der Waals surface area (Å²) in [7, 11) is 3.28. The van der Waals surface area contributed by atoms with Gasteiger partial charge in [-0.05, 0) is 67.0 Å². The minimum atomic E-state index is -4.02. The minimum Gasteiger partial charge on any atom is -0.481 e. The summed E-state index contributed by atoms with van der Waals surface area (Å²) in [6.45, 7) is 5.95. The summed E-state index contributed by atoms with van der Waals surface area (Å²) in [5.74, 6) is -8.99. The van der Waals surface area contributed by atoms with Crippen LogP contribution in [0.2, 0.25) is 0 Å². The van der Waals surface area contributed by atoms with Gasteiger partial charge in [0.15, 0.2) is 0 Å². The van der Waals surface area contributed by atoms with Crippen molar-refractivity contribution in [2.75, 3.05) is 45.7 Å². The molecule has 52 heavy (non-hydrogen) atoms. The second-order valence-electron chi connectivity index (χ2n) is 13.5. The van der Waals surface area contributed by atoms with Crippen LogP contribution >= 0.6 is 11.5 Å². The quantitative estimate of drug-likeness (QED) is 0.251. The number of carbonyl (C=O) groups excluding carboxylic acids is 4. The molecular formula is C35H43F3N8O5S. The minimum absolute atomic E-state index is 0.0892. The maximum Gasteiger partial charge on any atom is 0.351 e. The van der Waals surface area contributed by atoms with Gasteiger partial charge in [-0.1, -0.05) is 37.2 Å². The lowest BCUT2D eigenvalue weighted by molar-refractivity contribution is -0.149. The number of benzene rings is 1. The first-order valence-electron chi connectivity index (χ1n) is 17.1. The van der Waals surface area contributed by atoms with Crippen LogP contribution in [0.25, 0.3) is 0 Å². The third-order valence-electron chi connectivity index (χ3n) is 9.92. The molecular weight excluding hydrogens is 701 g/mol. The zero-order chi connectivity index (χ0) is 37.6. The van der Waals surface area contributed by atoms with Gasteiger partial charge in [0.1, 0.15) is 22.8 Å². The third-order valence-corrected chi connectivity index (χ3v) is 10.6. The average Bonchev–Trinajstić information content (AvgIpc) is 3.69. The molecule has 0 bridgehead atoms. The number of carbonyl (C=O) groups is 4. The van der Waals surface area contributed by atoms with Crippen LogP contribution in [-0.4, -0.2) is 100 Å². The Hall–Kier alpha value is -4.64. The molecule has 3 N–H and O–H groups in total. The second-order valence-corrected chi connectivity index (χ2v) is 14.3. The van der Waals surface area contributed by atoms with E-state index in [-0.39, 0.29) is 22.4 Å². The number of anilines is 1. The van der Waals surface area contributed by atoms with Crippen LogP contribution in [0.4, 0.5) is 18.9 Å². The smallest absolute Gasteiger partial charge is 0.351 e. The molecule has 0 unspecified atom stereocenters. The van der Waals surface area contributed by atoms with Crippen LogP contribution in [0.3, 0.4) is 0 Å². The molecule has 2 aromatic heterocycles. The Kier molecular flexibility index (Phi) is 12.5. The Bertz CT molecular complexity index is 1720. The van der Waals surface area contributed by atoms with Gasteiger partial charge in [0, 0.05) is 49.9 Å². The Morgan fingerprint density at radius 1 is 1.00 bits per heavy atom. The molecule has 13 nitrogen and oxygen atoms in total. The lowest BCUT2D eigenvalue weighted by atomic mass is 9.79. The van der Waals surface area contributed by atoms with Gasteiger partial charge in [-0.2, -0.15) is 8.78 Å². The van der Waals surface area contributed by atoms with E-state index in [1.165, 1.54) is 31.5 Å². The van der Waals surface area contributed by atoms with E-state index in [0.717, 1.165) is 42.7 Å². The summed E-state index contributed by atoms with van der Waals surface area (Å²) in [5.41, 5.74) is -0.552.